The van der Waals surface area contributed by atoms with Gasteiger partial charge in [0.2, 0.25) is 0 Å². The summed E-state index contributed by atoms with van der Waals surface area (Å²) in [5.41, 5.74) is 34.4. The molecule has 0 amide bonds. The Morgan fingerprint density at radius 1 is 0.374 bits per heavy atom. The fraction of sp³-hybridized carbons (Fsp3) is 0.606. The van der Waals surface area contributed by atoms with E-state index >= 15 is 0 Å². The first-order chi connectivity index (χ1) is 70.9. The van der Waals surface area contributed by atoms with Crippen LogP contribution in [0, 0.1) is 17.3 Å². The number of carboxylic acid groups (broad SMARTS) is 2. The molecule has 0 bridgehead atoms. The molecule has 15 aliphatic rings. The number of carbonyl (C=O) groups is 3. The second-order valence-electron chi connectivity index (χ2n) is 43.1. The number of carbonyl (C=O) groups excluding carboxylic acids is 1. The molecule has 9 atom stereocenters. The average Bonchev–Trinajstić information content (AvgIpc) is 1.54. The average molecular weight is 2120 g/mol. The molecule has 0 radical (unpaired) electrons. The number of rotatable bonds is 21. The molecule has 10 saturated heterocycles. The summed E-state index contributed by atoms with van der Waals surface area (Å²) in [6, 6.07) is 45.3. The highest BCUT2D eigenvalue weighted by atomic mass is 35.5. The molecule has 0 spiro atoms. The number of piperidine rings is 9. The van der Waals surface area contributed by atoms with Gasteiger partial charge in [0.1, 0.15) is 58.4 Å². The highest BCUT2D eigenvalue weighted by Crippen LogP contribution is 2.41. The molecule has 0 saturated carbocycles. The molecule has 8 unspecified atom stereocenters. The van der Waals surface area contributed by atoms with Crippen molar-refractivity contribution in [3.8, 4) is 0 Å². The largest absolute Gasteiger partial charge is 0.481 e. The third-order valence-corrected chi connectivity index (χ3v) is 34.2. The summed E-state index contributed by atoms with van der Waals surface area (Å²) >= 11 is 30.3. The van der Waals surface area contributed by atoms with Gasteiger partial charge in [0, 0.05) is 184 Å². The van der Waals surface area contributed by atoms with Crippen molar-refractivity contribution < 1.29 is 38.8 Å². The number of hydrogen-bond donors (Lipinski definition) is 7. The molecule has 147 heavy (non-hydrogen) atoms. The van der Waals surface area contributed by atoms with E-state index in [-0.39, 0.29) is 29.5 Å². The molecule has 10 fully saturated rings. The van der Waals surface area contributed by atoms with Gasteiger partial charge < -0.3 is 77.6 Å². The zero-order valence-corrected chi connectivity index (χ0v) is 89.9. The van der Waals surface area contributed by atoms with Gasteiger partial charge in [0.05, 0.1) is 74.3 Å². The Balaban J connectivity index is 0.000000131. The summed E-state index contributed by atoms with van der Waals surface area (Å²) in [4.78, 5) is 60.6. The van der Waals surface area contributed by atoms with Crippen LogP contribution in [0.15, 0.2) is 172 Å². The Kier molecular flexibility index (Phi) is 38.9. The van der Waals surface area contributed by atoms with E-state index in [9.17, 15) is 24.6 Å². The van der Waals surface area contributed by atoms with Crippen LogP contribution in [-0.2, 0) is 60.7 Å². The minimum absolute atomic E-state index is 0.0353. The van der Waals surface area contributed by atoms with Gasteiger partial charge in [-0.25, -0.2) is 0 Å². The summed E-state index contributed by atoms with van der Waals surface area (Å²) in [6.45, 7) is 22.9. The van der Waals surface area contributed by atoms with Crippen molar-refractivity contribution in [3.05, 3.63) is 174 Å². The van der Waals surface area contributed by atoms with Gasteiger partial charge in [-0.2, -0.15) is 0 Å². The van der Waals surface area contributed by atoms with E-state index in [4.69, 9.17) is 101 Å². The number of benzene rings is 5. The van der Waals surface area contributed by atoms with Gasteiger partial charge in [-0.15, -0.1) is 51.0 Å². The first kappa shape index (κ1) is 110. The standard InChI is InChI=1S/C23H34ClN5O2.C23H32ClN5O2.C22H30ClN5O2.C21H28ClN5O2.C20H28ClN5/c1-23(2,30-3)20-14-29(19(15-31-20)12-16-4-6-17(24)7-5-16)18-8-10-28(11-9-18)22-13-21(25)26-27-22;1-2-31-23(30)17-5-8-20(13-16-3-6-18(24)7-4-16)29(15-17)19-9-11-28(12-10-19)22-14-21(25)26-27-22;1-22(21(29)30)9-6-18(12-15-2-4-16(23)5-3-15)28(14-22)17-7-10-27(11-8-17)20-13-19(24)25-26-20;22-16-4-1-14(2-5-16)11-18-6-3-15(21(28)29)13-27(18)17-7-9-26(10-8-17)20-12-19(23)24-25-20;21-16-6-4-15(5-7-16)13-18-3-1-2-10-26(18)17-8-11-25(12-9-17)20-14-19(22)23-24-20/h4-7,18-20H,8-15H2,1-3H3,(H2,25,26);3-4,6-7,17,19-20H,2,5,8-15H2,1H3,(H2,25,26);2-5,17-18H,6-14H2,1H3,(H2,24,25)(H,29,30);1-2,4-5,15,17-18H,3,6-13H2,(H2,23,24)(H,28,29);4-7,17-18H,1-3,8-14H2,(H2,22,23)/t19?,20-;;;;/m1..../s1. The lowest BCUT2D eigenvalue weighted by Crippen LogP contribution is -2.61. The van der Waals surface area contributed by atoms with Gasteiger partial charge in [-0.1, -0.05) is 125 Å². The summed E-state index contributed by atoms with van der Waals surface area (Å²) in [5.74, 6) is 6.22. The van der Waals surface area contributed by atoms with Gasteiger partial charge in [-0.3, -0.25) is 38.9 Å². The number of ether oxygens (including phenoxy) is 3. The fourth-order valence-corrected chi connectivity index (χ4v) is 24.8. The Morgan fingerprint density at radius 3 is 0.973 bits per heavy atom. The number of esters is 1. The summed E-state index contributed by atoms with van der Waals surface area (Å²) < 4.78 is 17.4. The number of nitrogens with two attached hydrogens (primary N) is 5. The van der Waals surface area contributed by atoms with Crippen LogP contribution in [0.25, 0.3) is 0 Å². The van der Waals surface area contributed by atoms with Crippen molar-refractivity contribution in [3.63, 3.8) is 0 Å². The maximum Gasteiger partial charge on any atom is 0.310 e. The molecule has 15 aliphatic heterocycles. The zero-order chi connectivity index (χ0) is 103. The third-order valence-electron chi connectivity index (χ3n) is 32.9. The van der Waals surface area contributed by atoms with E-state index < -0.39 is 17.4 Å². The molecule has 5 aromatic carbocycles. The van der Waals surface area contributed by atoms with Crippen LogP contribution in [0.5, 0.6) is 0 Å². The van der Waals surface area contributed by atoms with Gasteiger partial charge in [0.15, 0.2) is 0 Å². The summed E-state index contributed by atoms with van der Waals surface area (Å²) in [5, 5.41) is 64.3. The highest BCUT2D eigenvalue weighted by molar-refractivity contribution is 6.32. The van der Waals surface area contributed by atoms with Gasteiger partial charge in [-0.05, 0) is 270 Å². The van der Waals surface area contributed by atoms with Crippen LogP contribution in [-0.4, -0.2) is 326 Å². The molecule has 5 aromatic rings. The van der Waals surface area contributed by atoms with Crippen LogP contribution in [0.1, 0.15) is 210 Å². The minimum atomic E-state index is -0.692. The SMILES string of the molecule is CC1(C(=O)O)CCC(Cc2ccc(Cl)cc2)N(C2CCN(C3=NN=C(N)C3)CC2)C1.CCOC(=O)C1CCC(Cc2ccc(Cl)cc2)N(C2CCN(C3=NN=C(N)C3)CC2)C1.COC(C)(C)[C@H]1CN(C2CCN(C3=NN=C(N)C3)CC2)C(Cc2ccc(Cl)cc2)CO1.NC1=NN=C(N2CCC(N3CC(C(=O)O)CCC3Cc3ccc(Cl)cc3)CC2)C1.NC1=NN=C(N2CCC(N3CCCCC3Cc3ccc(Cl)cc3)CC2)C1. The number of nitrogens with zero attached hydrogens (tertiary/aromatic N) is 20. The minimum Gasteiger partial charge on any atom is -0.481 e. The molecule has 12 N–H and O–H groups in total. The quantitative estimate of drug-likeness (QED) is 0.0335. The summed E-state index contributed by atoms with van der Waals surface area (Å²) in [7, 11) is 1.77. The maximum absolute atomic E-state index is 12.5. The molecular formula is C109H152Cl5N25O8. The lowest BCUT2D eigenvalue weighted by atomic mass is 9.77. The van der Waals surface area contributed by atoms with E-state index in [1.165, 1.54) is 66.5 Å². The first-order valence-corrected chi connectivity index (χ1v) is 55.3. The summed E-state index contributed by atoms with van der Waals surface area (Å²) in [6.07, 6.45) is 28.1. The first-order valence-electron chi connectivity index (χ1n) is 53.4. The van der Waals surface area contributed by atoms with E-state index in [0.29, 0.717) is 154 Å². The smallest absolute Gasteiger partial charge is 0.310 e. The second kappa shape index (κ2) is 51.9. The highest BCUT2D eigenvalue weighted by Gasteiger charge is 2.48. The molecule has 0 aliphatic carbocycles. The van der Waals surface area contributed by atoms with Crippen molar-refractivity contribution in [2.24, 2.45) is 96.9 Å². The predicted octanol–water partition coefficient (Wildman–Crippen LogP) is 14.8. The van der Waals surface area contributed by atoms with Crippen LogP contribution >= 0.6 is 58.0 Å². The van der Waals surface area contributed by atoms with Crippen molar-refractivity contribution in [1.29, 1.82) is 0 Å². The number of amidine groups is 10. The number of morpholine rings is 1. The Bertz CT molecular complexity index is 5540. The molecule has 33 nitrogen and oxygen atoms in total. The van der Waals surface area contributed by atoms with E-state index in [0.717, 1.165) is 248 Å². The maximum atomic E-state index is 12.5. The lowest BCUT2D eigenvalue weighted by molar-refractivity contribution is -0.166. The van der Waals surface area contributed by atoms with Crippen molar-refractivity contribution >= 4 is 134 Å². The number of hydrogen-bond acceptors (Lipinski definition) is 31. The normalized spacial score (nSPS) is 26.3. The van der Waals surface area contributed by atoms with Crippen LogP contribution in [0.2, 0.25) is 25.1 Å². The zero-order valence-electron chi connectivity index (χ0n) is 86.1. The fourth-order valence-electron chi connectivity index (χ4n) is 24.2. The van der Waals surface area contributed by atoms with E-state index in [2.05, 4.69) is 175 Å². The number of aliphatic carboxylic acids is 2. The molecule has 38 heteroatoms. The van der Waals surface area contributed by atoms with Crippen LogP contribution in [0.4, 0.5) is 0 Å². The van der Waals surface area contributed by atoms with E-state index in [1.807, 2.05) is 74.5 Å². The molecule has 796 valence electrons. The Morgan fingerprint density at radius 2 is 0.667 bits per heavy atom. The second-order valence-corrected chi connectivity index (χ2v) is 45.3. The molecule has 15 heterocycles. The predicted molar refractivity (Wildman–Crippen MR) is 589 cm³/mol. The molecular weight excluding hydrogens is 1960 g/mol. The number of carboxylic acids is 2. The van der Waals surface area contributed by atoms with Crippen LogP contribution < -0.4 is 28.7 Å². The third kappa shape index (κ3) is 30.0. The molecule has 0 aromatic heterocycles. The number of halogens is 5. The number of likely N-dealkylation sites (tertiary alicyclic amines) is 9. The topological polar surface area (TPSA) is 405 Å². The van der Waals surface area contributed by atoms with E-state index in [1.54, 1.807) is 7.11 Å². The Hall–Kier alpha value is -9.62. The monoisotopic (exact) mass is 2110 g/mol. The molecule has 20 rings (SSSR count). The van der Waals surface area contributed by atoms with Gasteiger partial charge >= 0.3 is 17.9 Å². The Labute approximate surface area is 891 Å². The lowest BCUT2D eigenvalue weighted by Gasteiger charge is -2.49. The van der Waals surface area contributed by atoms with Crippen LogP contribution in [0.3, 0.4) is 0 Å². The van der Waals surface area contributed by atoms with Crippen molar-refractivity contribution in [1.82, 2.24) is 49.0 Å². The van der Waals surface area contributed by atoms with Crippen molar-refractivity contribution in [2.45, 2.75) is 286 Å². The number of methoxy groups -OCH3 is 1. The van der Waals surface area contributed by atoms with Gasteiger partial charge in [0.25, 0.3) is 0 Å². The van der Waals surface area contributed by atoms with Crippen molar-refractivity contribution in [2.75, 3.05) is 118 Å².